The summed E-state index contributed by atoms with van der Waals surface area (Å²) in [5, 5.41) is 13.6. The highest BCUT2D eigenvalue weighted by Crippen LogP contribution is 2.22. The lowest BCUT2D eigenvalue weighted by Gasteiger charge is -2.24. The fraction of sp³-hybridized carbons (Fsp3) is 0.600. The third-order valence-corrected chi connectivity index (χ3v) is 2.90. The van der Waals surface area contributed by atoms with Crippen molar-refractivity contribution in [3.8, 4) is 5.75 Å². The van der Waals surface area contributed by atoms with Crippen LogP contribution < -0.4 is 10.1 Å². The first kappa shape index (κ1) is 16.0. The van der Waals surface area contributed by atoms with Crippen molar-refractivity contribution in [1.82, 2.24) is 5.32 Å². The summed E-state index contributed by atoms with van der Waals surface area (Å²) in [4.78, 5) is 0. The van der Waals surface area contributed by atoms with Crippen LogP contribution in [0.3, 0.4) is 0 Å². The van der Waals surface area contributed by atoms with E-state index in [2.05, 4.69) is 12.2 Å². The summed E-state index contributed by atoms with van der Waals surface area (Å²) in [6, 6.07) is 7.61. The summed E-state index contributed by atoms with van der Waals surface area (Å²) >= 11 is 0. The monoisotopic (exact) mass is 267 g/mol. The topological polar surface area (TPSA) is 50.7 Å². The maximum Gasteiger partial charge on any atom is 0.119 e. The first-order valence-corrected chi connectivity index (χ1v) is 6.75. The average molecular weight is 267 g/mol. The van der Waals surface area contributed by atoms with E-state index in [1.807, 2.05) is 24.3 Å². The molecule has 4 heteroatoms. The molecule has 0 saturated carbocycles. The van der Waals surface area contributed by atoms with Gasteiger partial charge in [0.1, 0.15) is 5.75 Å². The van der Waals surface area contributed by atoms with Crippen LogP contribution in [0.15, 0.2) is 24.3 Å². The van der Waals surface area contributed by atoms with Gasteiger partial charge in [-0.3, -0.25) is 0 Å². The summed E-state index contributed by atoms with van der Waals surface area (Å²) in [7, 11) is 1.66. The normalized spacial score (nSPS) is 14.1. The Labute approximate surface area is 115 Å². The van der Waals surface area contributed by atoms with Crippen molar-refractivity contribution in [3.63, 3.8) is 0 Å². The van der Waals surface area contributed by atoms with E-state index in [9.17, 15) is 5.11 Å². The van der Waals surface area contributed by atoms with Crippen LogP contribution >= 0.6 is 0 Å². The Hall–Kier alpha value is -1.10. The molecule has 0 spiro atoms. The average Bonchev–Trinajstić information content (AvgIpc) is 2.42. The maximum absolute atomic E-state index is 10.4. The number of rotatable bonds is 9. The number of aliphatic hydroxyl groups is 1. The first-order chi connectivity index (χ1) is 9.10. The highest BCUT2D eigenvalue weighted by Gasteiger charge is 2.22. The van der Waals surface area contributed by atoms with Gasteiger partial charge in [0.2, 0.25) is 0 Å². The van der Waals surface area contributed by atoms with Gasteiger partial charge in [0, 0.05) is 20.2 Å². The Morgan fingerprint density at radius 1 is 1.21 bits per heavy atom. The van der Waals surface area contributed by atoms with Gasteiger partial charge in [-0.2, -0.15) is 0 Å². The fourth-order valence-corrected chi connectivity index (χ4v) is 1.74. The molecule has 1 rings (SSSR count). The van der Waals surface area contributed by atoms with Crippen LogP contribution in [-0.4, -0.2) is 38.5 Å². The third kappa shape index (κ3) is 5.59. The van der Waals surface area contributed by atoms with Crippen molar-refractivity contribution in [2.45, 2.75) is 25.9 Å². The smallest absolute Gasteiger partial charge is 0.119 e. The Balaban J connectivity index is 2.52. The Kier molecular flexibility index (Phi) is 6.84. The van der Waals surface area contributed by atoms with E-state index >= 15 is 0 Å². The minimum atomic E-state index is -0.892. The van der Waals surface area contributed by atoms with Crippen molar-refractivity contribution in [2.75, 3.05) is 33.4 Å². The molecule has 2 N–H and O–H groups in total. The van der Waals surface area contributed by atoms with E-state index in [0.29, 0.717) is 19.8 Å². The van der Waals surface area contributed by atoms with Crippen LogP contribution in [0.25, 0.3) is 0 Å². The highest BCUT2D eigenvalue weighted by atomic mass is 16.5. The number of nitrogens with one attached hydrogen (secondary N) is 1. The van der Waals surface area contributed by atoms with Crippen LogP contribution in [0.2, 0.25) is 0 Å². The molecule has 0 bridgehead atoms. The van der Waals surface area contributed by atoms with Crippen molar-refractivity contribution in [1.29, 1.82) is 0 Å². The van der Waals surface area contributed by atoms with Gasteiger partial charge in [-0.25, -0.2) is 0 Å². The molecule has 0 fully saturated rings. The van der Waals surface area contributed by atoms with Crippen LogP contribution in [0.4, 0.5) is 0 Å². The molecule has 0 aromatic heterocycles. The van der Waals surface area contributed by atoms with E-state index in [1.165, 1.54) is 0 Å². The minimum absolute atomic E-state index is 0.492. The lowest BCUT2D eigenvalue weighted by molar-refractivity contribution is 0.0549. The summed E-state index contributed by atoms with van der Waals surface area (Å²) in [5.41, 5.74) is -0.0157. The molecule has 0 heterocycles. The number of hydrogen-bond acceptors (Lipinski definition) is 4. The molecular weight excluding hydrogens is 242 g/mol. The van der Waals surface area contributed by atoms with Gasteiger partial charge in [0.05, 0.1) is 18.8 Å². The second-order valence-corrected chi connectivity index (χ2v) is 4.82. The van der Waals surface area contributed by atoms with E-state index in [4.69, 9.17) is 9.47 Å². The van der Waals surface area contributed by atoms with Gasteiger partial charge in [-0.05, 0) is 31.0 Å². The van der Waals surface area contributed by atoms with E-state index in [1.54, 1.807) is 14.0 Å². The molecule has 1 aromatic carbocycles. The second kappa shape index (κ2) is 8.15. The highest BCUT2D eigenvalue weighted by molar-refractivity contribution is 5.30. The molecule has 0 aliphatic rings. The zero-order valence-corrected chi connectivity index (χ0v) is 12.1. The number of ether oxygens (including phenoxy) is 2. The Morgan fingerprint density at radius 3 is 2.47 bits per heavy atom. The molecule has 0 aliphatic heterocycles. The SMILES string of the molecule is CCCOc1ccc(C(C)(O)CNCCOC)cc1. The van der Waals surface area contributed by atoms with Crippen LogP contribution in [-0.2, 0) is 10.3 Å². The first-order valence-electron chi connectivity index (χ1n) is 6.75. The molecule has 0 radical (unpaired) electrons. The summed E-state index contributed by atoms with van der Waals surface area (Å²) in [6.45, 7) is 6.45. The van der Waals surface area contributed by atoms with Gasteiger partial charge < -0.3 is 19.9 Å². The van der Waals surface area contributed by atoms with Crippen molar-refractivity contribution >= 4 is 0 Å². The standard InChI is InChI=1S/C15H25NO3/c1-4-10-19-14-7-5-13(6-8-14)15(2,17)12-16-9-11-18-3/h5-8,16-17H,4,9-12H2,1-3H3. The third-order valence-electron chi connectivity index (χ3n) is 2.90. The Morgan fingerprint density at radius 2 is 1.89 bits per heavy atom. The zero-order valence-electron chi connectivity index (χ0n) is 12.1. The largest absolute Gasteiger partial charge is 0.494 e. The predicted molar refractivity (Wildman–Crippen MR) is 76.5 cm³/mol. The molecular formula is C15H25NO3. The van der Waals surface area contributed by atoms with Gasteiger partial charge in [0.15, 0.2) is 0 Å². The Bertz CT molecular complexity index is 349. The van der Waals surface area contributed by atoms with Crippen molar-refractivity contribution < 1.29 is 14.6 Å². The molecule has 108 valence electrons. The summed E-state index contributed by atoms with van der Waals surface area (Å²) in [6.07, 6.45) is 0.989. The van der Waals surface area contributed by atoms with E-state index < -0.39 is 5.60 Å². The van der Waals surface area contributed by atoms with Crippen LogP contribution in [0.5, 0.6) is 5.75 Å². The van der Waals surface area contributed by atoms with E-state index in [0.717, 1.165) is 24.3 Å². The van der Waals surface area contributed by atoms with Gasteiger partial charge >= 0.3 is 0 Å². The quantitative estimate of drug-likeness (QED) is 0.671. The molecule has 1 atom stereocenters. The van der Waals surface area contributed by atoms with Crippen molar-refractivity contribution in [2.24, 2.45) is 0 Å². The molecule has 1 unspecified atom stereocenters. The lowest BCUT2D eigenvalue weighted by Crippen LogP contribution is -2.36. The fourth-order valence-electron chi connectivity index (χ4n) is 1.74. The molecule has 0 amide bonds. The van der Waals surface area contributed by atoms with Crippen LogP contribution in [0, 0.1) is 0 Å². The molecule has 0 aliphatic carbocycles. The lowest BCUT2D eigenvalue weighted by atomic mass is 9.96. The molecule has 19 heavy (non-hydrogen) atoms. The van der Waals surface area contributed by atoms with Gasteiger partial charge in [-0.15, -0.1) is 0 Å². The second-order valence-electron chi connectivity index (χ2n) is 4.82. The summed E-state index contributed by atoms with van der Waals surface area (Å²) < 4.78 is 10.5. The number of benzene rings is 1. The minimum Gasteiger partial charge on any atom is -0.494 e. The van der Waals surface area contributed by atoms with Gasteiger partial charge in [0.25, 0.3) is 0 Å². The molecule has 1 aromatic rings. The van der Waals surface area contributed by atoms with Crippen molar-refractivity contribution in [3.05, 3.63) is 29.8 Å². The molecule has 4 nitrogen and oxygen atoms in total. The number of hydrogen-bond donors (Lipinski definition) is 2. The summed E-state index contributed by atoms with van der Waals surface area (Å²) in [5.74, 6) is 0.841. The van der Waals surface area contributed by atoms with Crippen LogP contribution in [0.1, 0.15) is 25.8 Å². The number of methoxy groups -OCH3 is 1. The molecule has 0 saturated heterocycles. The maximum atomic E-state index is 10.4. The van der Waals surface area contributed by atoms with Gasteiger partial charge in [-0.1, -0.05) is 19.1 Å². The zero-order chi connectivity index (χ0) is 14.1. The van der Waals surface area contributed by atoms with E-state index in [-0.39, 0.29) is 0 Å². The predicted octanol–water partition coefficient (Wildman–Crippen LogP) is 1.92.